The number of hydrogen-bond acceptors (Lipinski definition) is 4. The second kappa shape index (κ2) is 5.74. The zero-order valence-electron chi connectivity index (χ0n) is 10.7. The van der Waals surface area contributed by atoms with Crippen LogP contribution in [0.5, 0.6) is 0 Å². The Balaban J connectivity index is 2.17. The fourth-order valence-corrected chi connectivity index (χ4v) is 5.14. The molecule has 0 bridgehead atoms. The van der Waals surface area contributed by atoms with Crippen molar-refractivity contribution in [3.63, 3.8) is 0 Å². The standard InChI is InChI=1S/C12H19NO3S2/c1-7(2)11-13(9(6-18-11)12(15)16)10(14)8-3-4-17-5-8/h7-9,11H,3-6H2,1-2H3,(H,15,16). The van der Waals surface area contributed by atoms with E-state index >= 15 is 0 Å². The van der Waals surface area contributed by atoms with Crippen molar-refractivity contribution in [3.8, 4) is 0 Å². The van der Waals surface area contributed by atoms with Crippen molar-refractivity contribution >= 4 is 35.4 Å². The Morgan fingerprint density at radius 3 is 2.56 bits per heavy atom. The Bertz CT molecular complexity index is 342. The molecule has 3 atom stereocenters. The first kappa shape index (κ1) is 14.1. The summed E-state index contributed by atoms with van der Waals surface area (Å²) < 4.78 is 0. The predicted octanol–water partition coefficient (Wildman–Crippen LogP) is 1.75. The second-order valence-corrected chi connectivity index (χ2v) is 7.43. The summed E-state index contributed by atoms with van der Waals surface area (Å²) in [6, 6.07) is -0.638. The Morgan fingerprint density at radius 1 is 1.33 bits per heavy atom. The molecule has 0 spiro atoms. The van der Waals surface area contributed by atoms with Gasteiger partial charge in [-0.3, -0.25) is 4.79 Å². The number of rotatable bonds is 3. The lowest BCUT2D eigenvalue weighted by molar-refractivity contribution is -0.151. The average Bonchev–Trinajstić information content (AvgIpc) is 2.97. The van der Waals surface area contributed by atoms with Crippen LogP contribution in [0.25, 0.3) is 0 Å². The van der Waals surface area contributed by atoms with E-state index in [0.29, 0.717) is 5.75 Å². The van der Waals surface area contributed by atoms with E-state index in [4.69, 9.17) is 0 Å². The largest absolute Gasteiger partial charge is 0.480 e. The Hall–Kier alpha value is -0.360. The summed E-state index contributed by atoms with van der Waals surface area (Å²) in [7, 11) is 0. The summed E-state index contributed by atoms with van der Waals surface area (Å²) in [5.74, 6) is 1.87. The lowest BCUT2D eigenvalue weighted by Gasteiger charge is -2.31. The summed E-state index contributed by atoms with van der Waals surface area (Å²) >= 11 is 3.39. The van der Waals surface area contributed by atoms with Gasteiger partial charge in [-0.1, -0.05) is 13.8 Å². The normalized spacial score (nSPS) is 32.2. The molecule has 2 aliphatic rings. The predicted molar refractivity (Wildman–Crippen MR) is 74.8 cm³/mol. The van der Waals surface area contributed by atoms with Crippen LogP contribution in [0.4, 0.5) is 0 Å². The second-order valence-electron chi connectivity index (χ2n) is 5.13. The van der Waals surface area contributed by atoms with E-state index in [1.807, 2.05) is 13.8 Å². The lowest BCUT2D eigenvalue weighted by Crippen LogP contribution is -2.49. The molecule has 3 unspecified atom stereocenters. The van der Waals surface area contributed by atoms with Gasteiger partial charge in [0.2, 0.25) is 5.91 Å². The fraction of sp³-hybridized carbons (Fsp3) is 0.833. The van der Waals surface area contributed by atoms with Crippen LogP contribution in [0.3, 0.4) is 0 Å². The maximum absolute atomic E-state index is 12.5. The Morgan fingerprint density at radius 2 is 2.06 bits per heavy atom. The molecular weight excluding hydrogens is 270 g/mol. The molecule has 0 aromatic rings. The molecule has 0 aromatic heterocycles. The van der Waals surface area contributed by atoms with Crippen molar-refractivity contribution in [1.82, 2.24) is 4.90 Å². The molecule has 2 fully saturated rings. The minimum absolute atomic E-state index is 0.0178. The van der Waals surface area contributed by atoms with Crippen LogP contribution in [0, 0.1) is 11.8 Å². The van der Waals surface area contributed by atoms with Gasteiger partial charge in [0.15, 0.2) is 0 Å². The summed E-state index contributed by atoms with van der Waals surface area (Å²) in [5, 5.41) is 9.28. The number of carboxylic acid groups (broad SMARTS) is 1. The van der Waals surface area contributed by atoms with E-state index in [2.05, 4.69) is 0 Å². The SMILES string of the molecule is CC(C)C1SCC(C(=O)O)N1C(=O)C1CCSC1. The zero-order valence-corrected chi connectivity index (χ0v) is 12.3. The molecule has 102 valence electrons. The van der Waals surface area contributed by atoms with Gasteiger partial charge in [0.05, 0.1) is 5.37 Å². The molecule has 1 amide bonds. The number of carbonyl (C=O) groups excluding carboxylic acids is 1. The first-order chi connectivity index (χ1) is 8.52. The number of hydrogen-bond donors (Lipinski definition) is 1. The summed E-state index contributed by atoms with van der Waals surface area (Å²) in [4.78, 5) is 25.4. The monoisotopic (exact) mass is 289 g/mol. The quantitative estimate of drug-likeness (QED) is 0.858. The minimum atomic E-state index is -0.871. The molecule has 4 nitrogen and oxygen atoms in total. The van der Waals surface area contributed by atoms with E-state index in [1.54, 1.807) is 28.4 Å². The fourth-order valence-electron chi connectivity index (χ4n) is 2.45. The van der Waals surface area contributed by atoms with Crippen LogP contribution in [0.15, 0.2) is 0 Å². The van der Waals surface area contributed by atoms with Gasteiger partial charge in [-0.05, 0) is 18.1 Å². The van der Waals surface area contributed by atoms with Gasteiger partial charge in [-0.25, -0.2) is 4.79 Å². The number of carboxylic acids is 1. The molecule has 0 aliphatic carbocycles. The van der Waals surface area contributed by atoms with Gasteiger partial charge in [0, 0.05) is 17.4 Å². The molecule has 0 aromatic carbocycles. The molecule has 18 heavy (non-hydrogen) atoms. The molecule has 0 saturated carbocycles. The lowest BCUT2D eigenvalue weighted by atomic mass is 10.0. The highest BCUT2D eigenvalue weighted by Crippen LogP contribution is 2.37. The van der Waals surface area contributed by atoms with Gasteiger partial charge in [0.1, 0.15) is 6.04 Å². The third-order valence-corrected chi connectivity index (χ3v) is 6.21. The van der Waals surface area contributed by atoms with E-state index < -0.39 is 12.0 Å². The van der Waals surface area contributed by atoms with Crippen molar-refractivity contribution < 1.29 is 14.7 Å². The summed E-state index contributed by atoms with van der Waals surface area (Å²) in [6.07, 6.45) is 0.891. The van der Waals surface area contributed by atoms with Gasteiger partial charge in [0.25, 0.3) is 0 Å². The summed E-state index contributed by atoms with van der Waals surface area (Å²) in [5.41, 5.74) is 0. The molecule has 1 N–H and O–H groups in total. The van der Waals surface area contributed by atoms with Crippen LogP contribution in [-0.4, -0.2) is 50.6 Å². The van der Waals surface area contributed by atoms with Crippen LogP contribution in [-0.2, 0) is 9.59 Å². The third-order valence-electron chi connectivity index (χ3n) is 3.42. The highest BCUT2D eigenvalue weighted by atomic mass is 32.2. The molecule has 0 radical (unpaired) electrons. The molecule has 2 saturated heterocycles. The van der Waals surface area contributed by atoms with Crippen LogP contribution >= 0.6 is 23.5 Å². The van der Waals surface area contributed by atoms with Gasteiger partial charge in [-0.15, -0.1) is 11.8 Å². The zero-order chi connectivity index (χ0) is 13.3. The number of nitrogens with zero attached hydrogens (tertiary/aromatic N) is 1. The van der Waals surface area contributed by atoms with Crippen LogP contribution in [0.1, 0.15) is 20.3 Å². The topological polar surface area (TPSA) is 57.6 Å². The smallest absolute Gasteiger partial charge is 0.327 e. The number of carbonyl (C=O) groups is 2. The van der Waals surface area contributed by atoms with E-state index in [1.165, 1.54) is 0 Å². The number of aliphatic carboxylic acids is 1. The van der Waals surface area contributed by atoms with Crippen molar-refractivity contribution in [2.45, 2.75) is 31.7 Å². The first-order valence-corrected chi connectivity index (χ1v) is 8.47. The Kier molecular flexibility index (Phi) is 4.48. The highest BCUT2D eigenvalue weighted by molar-refractivity contribution is 8.00. The first-order valence-electron chi connectivity index (χ1n) is 6.26. The number of amides is 1. The summed E-state index contributed by atoms with van der Waals surface area (Å²) in [6.45, 7) is 4.09. The van der Waals surface area contributed by atoms with Gasteiger partial charge >= 0.3 is 5.97 Å². The number of thioether (sulfide) groups is 2. The molecule has 2 rings (SSSR count). The molecule has 2 heterocycles. The Labute approximate surface area is 116 Å². The van der Waals surface area contributed by atoms with E-state index in [9.17, 15) is 14.7 Å². The van der Waals surface area contributed by atoms with Crippen molar-refractivity contribution in [2.75, 3.05) is 17.3 Å². The van der Waals surface area contributed by atoms with Crippen molar-refractivity contribution in [3.05, 3.63) is 0 Å². The maximum atomic E-state index is 12.5. The average molecular weight is 289 g/mol. The van der Waals surface area contributed by atoms with Crippen molar-refractivity contribution in [1.29, 1.82) is 0 Å². The minimum Gasteiger partial charge on any atom is -0.480 e. The maximum Gasteiger partial charge on any atom is 0.327 e. The van der Waals surface area contributed by atoms with Crippen LogP contribution in [0.2, 0.25) is 0 Å². The molecule has 2 aliphatic heterocycles. The van der Waals surface area contributed by atoms with Crippen molar-refractivity contribution in [2.24, 2.45) is 11.8 Å². The molecular formula is C12H19NO3S2. The molecule has 6 heteroatoms. The third kappa shape index (κ3) is 2.64. The van der Waals surface area contributed by atoms with Crippen LogP contribution < -0.4 is 0 Å². The van der Waals surface area contributed by atoms with E-state index in [0.717, 1.165) is 17.9 Å². The van der Waals surface area contributed by atoms with E-state index in [-0.39, 0.29) is 23.1 Å². The highest BCUT2D eigenvalue weighted by Gasteiger charge is 2.45. The van der Waals surface area contributed by atoms with Gasteiger partial charge < -0.3 is 10.0 Å². The van der Waals surface area contributed by atoms with Gasteiger partial charge in [-0.2, -0.15) is 11.8 Å².